The van der Waals surface area contributed by atoms with Gasteiger partial charge < -0.3 is 10.2 Å². The van der Waals surface area contributed by atoms with Gasteiger partial charge in [0.25, 0.3) is 0 Å². The second-order valence-corrected chi connectivity index (χ2v) is 7.66. The van der Waals surface area contributed by atoms with Crippen molar-refractivity contribution in [1.82, 2.24) is 8.75 Å². The van der Waals surface area contributed by atoms with Gasteiger partial charge >= 0.3 is 11.9 Å². The number of benzene rings is 2. The third-order valence-electron chi connectivity index (χ3n) is 3.43. The van der Waals surface area contributed by atoms with Crippen molar-refractivity contribution in [2.45, 2.75) is 10.6 Å². The van der Waals surface area contributed by atoms with Crippen LogP contribution in [0.4, 0.5) is 0 Å². The summed E-state index contributed by atoms with van der Waals surface area (Å²) in [5, 5.41) is 18.2. The van der Waals surface area contributed by atoms with E-state index in [-0.39, 0.29) is 27.1 Å². The molecule has 0 spiro atoms. The van der Waals surface area contributed by atoms with Crippen LogP contribution in [0.3, 0.4) is 0 Å². The Morgan fingerprint density at radius 2 is 1.64 bits per heavy atom. The highest BCUT2D eigenvalue weighted by Crippen LogP contribution is 2.25. The molecule has 0 fully saturated rings. The molecule has 0 aliphatic heterocycles. The molecule has 0 aliphatic rings. The molecule has 1 heterocycles. The van der Waals surface area contributed by atoms with Crippen molar-refractivity contribution in [1.29, 1.82) is 0 Å². The van der Waals surface area contributed by atoms with E-state index in [1.807, 2.05) is 0 Å². The van der Waals surface area contributed by atoms with Crippen molar-refractivity contribution < 1.29 is 28.2 Å². The van der Waals surface area contributed by atoms with E-state index in [0.717, 1.165) is 29.9 Å². The fourth-order valence-corrected chi connectivity index (χ4v) is 4.45. The van der Waals surface area contributed by atoms with Gasteiger partial charge in [0.1, 0.15) is 11.0 Å². The summed E-state index contributed by atoms with van der Waals surface area (Å²) in [5.41, 5.74) is 0.159. The van der Waals surface area contributed by atoms with E-state index in [4.69, 9.17) is 10.2 Å². The molecule has 0 unspecified atom stereocenters. The summed E-state index contributed by atoms with van der Waals surface area (Å²) in [4.78, 5) is 22.3. The summed E-state index contributed by atoms with van der Waals surface area (Å²) in [6.07, 6.45) is 0. The van der Waals surface area contributed by atoms with Gasteiger partial charge in [0.15, 0.2) is 9.84 Å². The number of carboxylic acid groups (broad SMARTS) is 2. The zero-order valence-corrected chi connectivity index (χ0v) is 14.0. The lowest BCUT2D eigenvalue weighted by atomic mass is 10.1. The summed E-state index contributed by atoms with van der Waals surface area (Å²) >= 11 is 0.882. The fraction of sp³-hybridized carbons (Fsp3) is 0.0667. The first-order chi connectivity index (χ1) is 11.8. The van der Waals surface area contributed by atoms with Crippen LogP contribution < -0.4 is 0 Å². The minimum atomic E-state index is -3.88. The first-order valence-corrected chi connectivity index (χ1v) is 9.21. The Hall–Kier alpha value is -2.85. The largest absolute Gasteiger partial charge is 0.478 e. The van der Waals surface area contributed by atoms with Gasteiger partial charge in [0.2, 0.25) is 0 Å². The van der Waals surface area contributed by atoms with Crippen LogP contribution in [0.1, 0.15) is 26.3 Å². The van der Waals surface area contributed by atoms with E-state index >= 15 is 0 Å². The van der Waals surface area contributed by atoms with E-state index < -0.39 is 27.5 Å². The summed E-state index contributed by atoms with van der Waals surface area (Å²) in [5.74, 6) is -3.23. The Morgan fingerprint density at radius 3 is 2.24 bits per heavy atom. The number of carbonyl (C=O) groups is 2. The number of fused-ring (bicyclic) bond motifs is 1. The maximum atomic E-state index is 12.7. The van der Waals surface area contributed by atoms with Crippen LogP contribution in [0.5, 0.6) is 0 Å². The average molecular weight is 378 g/mol. The maximum Gasteiger partial charge on any atom is 0.335 e. The number of sulfone groups is 1. The predicted octanol–water partition coefficient (Wildman–Crippen LogP) is 2.06. The van der Waals surface area contributed by atoms with Crippen LogP contribution in [0.2, 0.25) is 0 Å². The van der Waals surface area contributed by atoms with E-state index in [9.17, 15) is 18.0 Å². The lowest BCUT2D eigenvalue weighted by Gasteiger charge is -2.07. The van der Waals surface area contributed by atoms with Crippen LogP contribution in [0, 0.1) is 0 Å². The Balaban J connectivity index is 2.08. The normalized spacial score (nSPS) is 11.5. The molecule has 0 radical (unpaired) electrons. The standard InChI is InChI=1S/C15H10N2O6S2/c18-14(19)9-4-8(5-10(6-9)15(20)21)7-25(22,23)12-3-1-2-11-13(12)17-24-16-11/h1-6H,7H2,(H,18,19)(H,20,21). The molecule has 128 valence electrons. The second kappa shape index (κ2) is 6.22. The highest BCUT2D eigenvalue weighted by Gasteiger charge is 2.22. The molecule has 0 bridgehead atoms. The lowest BCUT2D eigenvalue weighted by molar-refractivity contribution is 0.0696. The van der Waals surface area contributed by atoms with Gasteiger partial charge in [0.05, 0.1) is 33.5 Å². The molecule has 0 saturated carbocycles. The zero-order chi connectivity index (χ0) is 18.2. The summed E-state index contributed by atoms with van der Waals surface area (Å²) in [6, 6.07) is 7.82. The fourth-order valence-electron chi connectivity index (χ4n) is 2.35. The number of aromatic carboxylic acids is 2. The Morgan fingerprint density at radius 1 is 1.00 bits per heavy atom. The summed E-state index contributed by atoms with van der Waals surface area (Å²) < 4.78 is 33.4. The smallest absolute Gasteiger partial charge is 0.335 e. The average Bonchev–Trinajstić information content (AvgIpc) is 3.02. The molecular formula is C15H10N2O6S2. The van der Waals surface area contributed by atoms with E-state index in [2.05, 4.69) is 8.75 Å². The Bertz CT molecular complexity index is 1070. The van der Waals surface area contributed by atoms with Gasteiger partial charge in [-0.1, -0.05) is 6.07 Å². The molecule has 2 aromatic carbocycles. The van der Waals surface area contributed by atoms with Crippen molar-refractivity contribution in [3.05, 3.63) is 53.1 Å². The van der Waals surface area contributed by atoms with Gasteiger partial charge in [-0.3, -0.25) is 0 Å². The van der Waals surface area contributed by atoms with E-state index in [1.165, 1.54) is 12.1 Å². The molecule has 0 amide bonds. The molecule has 0 saturated heterocycles. The predicted molar refractivity (Wildman–Crippen MR) is 88.7 cm³/mol. The van der Waals surface area contributed by atoms with Gasteiger partial charge in [-0.25, -0.2) is 18.0 Å². The Labute approximate surface area is 145 Å². The maximum absolute atomic E-state index is 12.7. The van der Waals surface area contributed by atoms with Crippen LogP contribution in [0.15, 0.2) is 41.3 Å². The topological polar surface area (TPSA) is 135 Å². The van der Waals surface area contributed by atoms with Crippen LogP contribution in [0.25, 0.3) is 11.0 Å². The Kier molecular flexibility index (Phi) is 4.23. The number of aromatic nitrogens is 2. The van der Waals surface area contributed by atoms with Crippen molar-refractivity contribution in [2.24, 2.45) is 0 Å². The highest BCUT2D eigenvalue weighted by molar-refractivity contribution is 7.90. The molecule has 1 aromatic heterocycles. The number of hydrogen-bond acceptors (Lipinski definition) is 7. The van der Waals surface area contributed by atoms with Gasteiger partial charge in [0, 0.05) is 0 Å². The van der Waals surface area contributed by atoms with E-state index in [0.29, 0.717) is 5.52 Å². The second-order valence-electron chi connectivity index (χ2n) is 5.18. The monoisotopic (exact) mass is 378 g/mol. The van der Waals surface area contributed by atoms with Gasteiger partial charge in [-0.05, 0) is 35.9 Å². The molecule has 10 heteroatoms. The van der Waals surface area contributed by atoms with Crippen molar-refractivity contribution in [3.8, 4) is 0 Å². The molecule has 0 aliphatic carbocycles. The quantitative estimate of drug-likeness (QED) is 0.689. The van der Waals surface area contributed by atoms with Crippen LogP contribution in [-0.2, 0) is 15.6 Å². The third-order valence-corrected chi connectivity index (χ3v) is 5.68. The van der Waals surface area contributed by atoms with Gasteiger partial charge in [-0.15, -0.1) is 0 Å². The van der Waals surface area contributed by atoms with Crippen molar-refractivity contribution >= 4 is 44.5 Å². The third kappa shape index (κ3) is 3.35. The molecule has 25 heavy (non-hydrogen) atoms. The molecule has 8 nitrogen and oxygen atoms in total. The number of carboxylic acids is 2. The lowest BCUT2D eigenvalue weighted by Crippen LogP contribution is -2.09. The number of rotatable bonds is 5. The molecule has 0 atom stereocenters. The summed E-state index contributed by atoms with van der Waals surface area (Å²) in [6.45, 7) is 0. The van der Waals surface area contributed by atoms with E-state index in [1.54, 1.807) is 6.07 Å². The first kappa shape index (κ1) is 17.0. The minimum absolute atomic E-state index is 0.0312. The summed E-state index contributed by atoms with van der Waals surface area (Å²) in [7, 11) is -3.88. The number of nitrogens with zero attached hydrogens (tertiary/aromatic N) is 2. The first-order valence-electron chi connectivity index (χ1n) is 6.82. The van der Waals surface area contributed by atoms with Crippen LogP contribution >= 0.6 is 11.7 Å². The molecule has 3 rings (SSSR count). The zero-order valence-electron chi connectivity index (χ0n) is 12.4. The molecule has 2 N–H and O–H groups in total. The number of hydrogen-bond donors (Lipinski definition) is 2. The van der Waals surface area contributed by atoms with Gasteiger partial charge in [-0.2, -0.15) is 8.75 Å². The SMILES string of the molecule is O=C(O)c1cc(CS(=O)(=O)c2cccc3nsnc23)cc(C(=O)O)c1. The van der Waals surface area contributed by atoms with Crippen molar-refractivity contribution in [3.63, 3.8) is 0 Å². The molecular weight excluding hydrogens is 368 g/mol. The highest BCUT2D eigenvalue weighted by atomic mass is 32.2. The van der Waals surface area contributed by atoms with Crippen LogP contribution in [-0.4, -0.2) is 39.3 Å². The van der Waals surface area contributed by atoms with Crippen molar-refractivity contribution in [2.75, 3.05) is 0 Å². The molecule has 3 aromatic rings. The minimum Gasteiger partial charge on any atom is -0.478 e.